The van der Waals surface area contributed by atoms with Crippen molar-refractivity contribution in [1.29, 1.82) is 0 Å². The number of rotatable bonds is 7. The van der Waals surface area contributed by atoms with Crippen LogP contribution >= 0.6 is 0 Å². The van der Waals surface area contributed by atoms with E-state index in [0.29, 0.717) is 11.4 Å². The van der Waals surface area contributed by atoms with E-state index in [1.54, 1.807) is 16.9 Å². The Hall–Kier alpha value is -3.88. The smallest absolute Gasteiger partial charge is 0.412 e. The molecule has 0 aliphatic carbocycles. The van der Waals surface area contributed by atoms with Crippen molar-refractivity contribution in [2.45, 2.75) is 76.8 Å². The lowest BCUT2D eigenvalue weighted by Crippen LogP contribution is -2.73. The highest BCUT2D eigenvalue weighted by atomic mass is 16.6. The zero-order valence-corrected chi connectivity index (χ0v) is 24.4. The summed E-state index contributed by atoms with van der Waals surface area (Å²) in [5.74, 6) is 0.495. The van der Waals surface area contributed by atoms with Crippen LogP contribution in [0.15, 0.2) is 84.9 Å². The van der Waals surface area contributed by atoms with Crippen molar-refractivity contribution in [1.82, 2.24) is 4.90 Å². The first-order valence-electron chi connectivity index (χ1n) is 13.9. The third kappa shape index (κ3) is 5.80. The Balaban J connectivity index is 1.59. The molecule has 2 aliphatic rings. The molecule has 8 heteroatoms. The van der Waals surface area contributed by atoms with Crippen molar-refractivity contribution in [3.05, 3.63) is 96.1 Å². The first kappa shape index (κ1) is 28.6. The van der Waals surface area contributed by atoms with Crippen LogP contribution in [0, 0.1) is 0 Å². The molecule has 5 rings (SSSR count). The van der Waals surface area contributed by atoms with Gasteiger partial charge in [0.2, 0.25) is 0 Å². The van der Waals surface area contributed by atoms with Crippen LogP contribution in [-0.4, -0.2) is 53.5 Å². The number of methoxy groups -OCH3 is 1. The maximum atomic E-state index is 13.9. The lowest BCUT2D eigenvalue weighted by molar-refractivity contribution is -0.147. The molecule has 0 aromatic heterocycles. The van der Waals surface area contributed by atoms with Gasteiger partial charge in [0.1, 0.15) is 23.2 Å². The Morgan fingerprint density at radius 2 is 1.51 bits per heavy atom. The van der Waals surface area contributed by atoms with Gasteiger partial charge < -0.3 is 23.8 Å². The number of hydrogen-bond acceptors (Lipinski definition) is 6. The summed E-state index contributed by atoms with van der Waals surface area (Å²) in [6.45, 7) is 9.46. The number of carbonyl (C=O) groups is 2. The van der Waals surface area contributed by atoms with Crippen LogP contribution in [0.1, 0.15) is 51.8 Å². The van der Waals surface area contributed by atoms with E-state index < -0.39 is 41.7 Å². The summed E-state index contributed by atoms with van der Waals surface area (Å²) in [6, 6.07) is 25.6. The van der Waals surface area contributed by atoms with Gasteiger partial charge in [-0.3, -0.25) is 9.69 Å². The molecular weight excluding hydrogens is 520 g/mol. The van der Waals surface area contributed by atoms with E-state index in [9.17, 15) is 9.59 Å². The predicted octanol–water partition coefficient (Wildman–Crippen LogP) is 6.11. The van der Waals surface area contributed by atoms with Gasteiger partial charge in [0.15, 0.2) is 6.10 Å². The number of carbonyl (C=O) groups excluding carboxylic acids is 2. The number of β-lactam (4-membered cyclic amide) rings is 1. The summed E-state index contributed by atoms with van der Waals surface area (Å²) < 4.78 is 24.2. The van der Waals surface area contributed by atoms with E-state index in [1.807, 2.05) is 120 Å². The summed E-state index contributed by atoms with van der Waals surface area (Å²) in [5, 5.41) is 0. The van der Waals surface area contributed by atoms with Crippen LogP contribution in [-0.2, 0) is 25.6 Å². The summed E-state index contributed by atoms with van der Waals surface area (Å²) in [5.41, 5.74) is 0.778. The molecule has 41 heavy (non-hydrogen) atoms. The minimum atomic E-state index is -1.03. The topological polar surface area (TPSA) is 77.5 Å². The molecule has 3 aromatic rings. The van der Waals surface area contributed by atoms with Crippen LogP contribution in [0.2, 0.25) is 0 Å². The second kappa shape index (κ2) is 11.2. The van der Waals surface area contributed by atoms with Crippen LogP contribution < -0.4 is 9.64 Å². The molecule has 0 radical (unpaired) electrons. The second-order valence-electron chi connectivity index (χ2n) is 11.9. The number of anilines is 1. The van der Waals surface area contributed by atoms with Gasteiger partial charge >= 0.3 is 6.09 Å². The Kier molecular flexibility index (Phi) is 7.81. The number of ether oxygens (including phenoxy) is 4. The molecular formula is C33H38N2O6. The quantitative estimate of drug-likeness (QED) is 0.326. The molecule has 0 unspecified atom stereocenters. The lowest BCUT2D eigenvalue weighted by atomic mass is 9.84. The fraction of sp³-hybridized carbons (Fsp3) is 0.394. The fourth-order valence-electron chi connectivity index (χ4n) is 5.61. The van der Waals surface area contributed by atoms with E-state index in [2.05, 4.69) is 0 Å². The van der Waals surface area contributed by atoms with E-state index in [4.69, 9.17) is 18.9 Å². The van der Waals surface area contributed by atoms with Crippen LogP contribution in [0.25, 0.3) is 0 Å². The molecule has 2 amide bonds. The molecule has 4 atom stereocenters. The molecule has 2 fully saturated rings. The van der Waals surface area contributed by atoms with Crippen LogP contribution in [0.5, 0.6) is 5.75 Å². The van der Waals surface area contributed by atoms with Gasteiger partial charge in [-0.05, 0) is 70.0 Å². The minimum Gasteiger partial charge on any atom is -0.497 e. The zero-order chi connectivity index (χ0) is 29.4. The fourth-order valence-corrected chi connectivity index (χ4v) is 5.61. The average Bonchev–Trinajstić information content (AvgIpc) is 3.22. The first-order valence-corrected chi connectivity index (χ1v) is 13.9. The van der Waals surface area contributed by atoms with Gasteiger partial charge in [0, 0.05) is 5.69 Å². The Morgan fingerprint density at radius 3 is 2.10 bits per heavy atom. The highest BCUT2D eigenvalue weighted by Crippen LogP contribution is 2.48. The Labute approximate surface area is 241 Å². The Bertz CT molecular complexity index is 1350. The number of nitrogens with zero attached hydrogens (tertiary/aromatic N) is 2. The van der Waals surface area contributed by atoms with Crippen molar-refractivity contribution < 1.29 is 28.5 Å². The van der Waals surface area contributed by atoms with Crippen molar-refractivity contribution in [2.75, 3.05) is 12.0 Å². The maximum absolute atomic E-state index is 13.9. The molecule has 3 aromatic carbocycles. The van der Waals surface area contributed by atoms with E-state index in [1.165, 1.54) is 0 Å². The van der Waals surface area contributed by atoms with Gasteiger partial charge in [-0.2, -0.15) is 0 Å². The van der Waals surface area contributed by atoms with E-state index >= 15 is 0 Å². The number of amides is 2. The normalized spacial score (nSPS) is 23.7. The second-order valence-corrected chi connectivity index (χ2v) is 11.9. The molecule has 0 spiro atoms. The predicted molar refractivity (Wildman–Crippen MR) is 155 cm³/mol. The molecule has 0 bridgehead atoms. The van der Waals surface area contributed by atoms with E-state index in [0.717, 1.165) is 11.1 Å². The average molecular weight is 559 g/mol. The molecule has 2 aliphatic heterocycles. The SMILES string of the molecule is COc1ccc(N2C(=O)[C@H](OCc3ccccc3)[C@@H]2[C@H]2[C@H](c3ccccc3)OC(C)(C)N2C(=O)OC(C)(C)C)cc1. The summed E-state index contributed by atoms with van der Waals surface area (Å²) in [7, 11) is 1.60. The molecule has 2 saturated heterocycles. The first-order chi connectivity index (χ1) is 19.5. The van der Waals surface area contributed by atoms with Crippen molar-refractivity contribution in [3.8, 4) is 5.75 Å². The largest absolute Gasteiger partial charge is 0.497 e. The standard InChI is InChI=1S/C33H38N2O6/c1-32(2,3)41-31(37)35-27(28(40-33(35,4)5)23-15-11-8-12-16-23)26-29(39-21-22-13-9-7-10-14-22)30(36)34(26)24-17-19-25(38-6)20-18-24/h7-20,26-29H,21H2,1-6H3/t26-,27-,28-,29+/m0/s1. The maximum Gasteiger partial charge on any atom is 0.412 e. The minimum absolute atomic E-state index is 0.184. The zero-order valence-electron chi connectivity index (χ0n) is 24.4. The highest BCUT2D eigenvalue weighted by molar-refractivity contribution is 6.05. The van der Waals surface area contributed by atoms with Gasteiger partial charge in [0.05, 0.1) is 25.8 Å². The molecule has 216 valence electrons. The van der Waals surface area contributed by atoms with Gasteiger partial charge in [-0.1, -0.05) is 60.7 Å². The third-order valence-corrected chi connectivity index (χ3v) is 7.38. The van der Waals surface area contributed by atoms with Crippen molar-refractivity contribution in [2.24, 2.45) is 0 Å². The number of benzene rings is 3. The summed E-state index contributed by atoms with van der Waals surface area (Å²) in [6.07, 6.45) is -1.86. The van der Waals surface area contributed by atoms with Crippen molar-refractivity contribution >= 4 is 17.7 Å². The molecule has 0 N–H and O–H groups in total. The van der Waals surface area contributed by atoms with Gasteiger partial charge in [-0.25, -0.2) is 4.79 Å². The van der Waals surface area contributed by atoms with Gasteiger partial charge in [0.25, 0.3) is 5.91 Å². The third-order valence-electron chi connectivity index (χ3n) is 7.38. The van der Waals surface area contributed by atoms with Crippen LogP contribution in [0.4, 0.5) is 10.5 Å². The Morgan fingerprint density at radius 1 is 0.902 bits per heavy atom. The number of hydrogen-bond donors (Lipinski definition) is 0. The lowest BCUT2D eigenvalue weighted by Gasteiger charge is -2.52. The van der Waals surface area contributed by atoms with Crippen molar-refractivity contribution in [3.63, 3.8) is 0 Å². The summed E-state index contributed by atoms with van der Waals surface area (Å²) >= 11 is 0. The highest BCUT2D eigenvalue weighted by Gasteiger charge is 2.63. The molecule has 2 heterocycles. The van der Waals surface area contributed by atoms with Gasteiger partial charge in [-0.15, -0.1) is 0 Å². The summed E-state index contributed by atoms with van der Waals surface area (Å²) in [4.78, 5) is 31.0. The molecule has 8 nitrogen and oxygen atoms in total. The molecule has 0 saturated carbocycles. The van der Waals surface area contributed by atoms with E-state index in [-0.39, 0.29) is 12.5 Å². The van der Waals surface area contributed by atoms with Crippen LogP contribution in [0.3, 0.4) is 0 Å². The monoisotopic (exact) mass is 558 g/mol.